The van der Waals surface area contributed by atoms with Crippen LogP contribution in [0, 0.1) is 29.1 Å². The number of allylic oxidation sites excluding steroid dienone is 2. The molecule has 1 aliphatic heterocycles. The van der Waals surface area contributed by atoms with E-state index in [1.807, 2.05) is 0 Å². The molecule has 5 rings (SSSR count). The number of imide groups is 1. The van der Waals surface area contributed by atoms with E-state index in [2.05, 4.69) is 49.1 Å². The second-order valence-electron chi connectivity index (χ2n) is 7.28. The molecule has 25 heavy (non-hydrogen) atoms. The first kappa shape index (κ1) is 15.8. The maximum atomic E-state index is 12.8. The summed E-state index contributed by atoms with van der Waals surface area (Å²) in [5, 5.41) is 15.2. The van der Waals surface area contributed by atoms with Crippen molar-refractivity contribution in [3.63, 3.8) is 0 Å². The van der Waals surface area contributed by atoms with Gasteiger partial charge in [0.15, 0.2) is 0 Å². The number of phenolic OH excluding ortho intramolecular Hbond substituents is 1. The molecule has 1 N–H and O–H groups in total. The van der Waals surface area contributed by atoms with E-state index in [0.29, 0.717) is 10.0 Å². The molecular formula is C18H14Br2N2O3. The lowest BCUT2D eigenvalue weighted by atomic mass is 9.85. The average molecular weight is 466 g/mol. The Morgan fingerprint density at radius 2 is 1.72 bits per heavy atom. The number of halogens is 2. The summed E-state index contributed by atoms with van der Waals surface area (Å²) in [4.78, 5) is 25.6. The Hall–Kier alpha value is -1.47. The largest absolute Gasteiger partial charge is 0.506 e. The number of benzene rings is 1. The summed E-state index contributed by atoms with van der Waals surface area (Å²) in [7, 11) is 0. The van der Waals surface area contributed by atoms with Crippen LogP contribution < -0.4 is 0 Å². The van der Waals surface area contributed by atoms with Gasteiger partial charge in [0.1, 0.15) is 5.75 Å². The molecule has 0 radical (unpaired) electrons. The molecule has 2 bridgehead atoms. The molecule has 4 aliphatic rings. The molecule has 2 amide bonds. The van der Waals surface area contributed by atoms with Gasteiger partial charge in [0.2, 0.25) is 0 Å². The lowest BCUT2D eigenvalue weighted by molar-refractivity contribution is -0.141. The Morgan fingerprint density at radius 3 is 2.28 bits per heavy atom. The Kier molecular flexibility index (Phi) is 3.18. The molecule has 128 valence electrons. The average Bonchev–Trinajstić information content (AvgIpc) is 3.17. The number of carbonyl (C=O) groups excluding carboxylic acids is 2. The number of rotatable bonds is 2. The van der Waals surface area contributed by atoms with Crippen LogP contribution in [-0.4, -0.2) is 28.1 Å². The van der Waals surface area contributed by atoms with Gasteiger partial charge < -0.3 is 5.11 Å². The second kappa shape index (κ2) is 5.04. The molecule has 1 saturated heterocycles. The van der Waals surface area contributed by atoms with Gasteiger partial charge in [0.25, 0.3) is 11.8 Å². The number of hydrazone groups is 1. The van der Waals surface area contributed by atoms with Crippen LogP contribution in [0.5, 0.6) is 5.75 Å². The number of hydrogen-bond donors (Lipinski definition) is 1. The van der Waals surface area contributed by atoms with Gasteiger partial charge in [0.05, 0.1) is 22.5 Å². The molecule has 1 heterocycles. The predicted octanol–water partition coefficient (Wildman–Crippen LogP) is 3.45. The highest BCUT2D eigenvalue weighted by atomic mass is 79.9. The zero-order valence-corrected chi connectivity index (χ0v) is 16.2. The Balaban J connectivity index is 1.46. The lowest BCUT2D eigenvalue weighted by Gasteiger charge is -2.18. The van der Waals surface area contributed by atoms with Gasteiger partial charge in [-0.2, -0.15) is 10.1 Å². The SMILES string of the molecule is O=C1[C@H]2[C@H](C(=O)N1/N=C\c1cc(Br)cc(Br)c1O)[C@H]1C=C[C@H]2C12CC2. The fraction of sp³-hybridized carbons (Fsp3) is 0.389. The normalized spacial score (nSPS) is 33.9. The number of fused-ring (bicyclic) bond motifs is 3. The molecule has 1 spiro atoms. The zero-order chi connectivity index (χ0) is 17.5. The van der Waals surface area contributed by atoms with E-state index in [0.717, 1.165) is 22.3 Å². The van der Waals surface area contributed by atoms with Crippen LogP contribution in [0.2, 0.25) is 0 Å². The molecule has 4 atom stereocenters. The van der Waals surface area contributed by atoms with E-state index >= 15 is 0 Å². The molecule has 0 aromatic heterocycles. The van der Waals surface area contributed by atoms with E-state index < -0.39 is 0 Å². The molecule has 3 fully saturated rings. The van der Waals surface area contributed by atoms with Gasteiger partial charge in [0, 0.05) is 10.0 Å². The van der Waals surface area contributed by atoms with Gasteiger partial charge in [-0.15, -0.1) is 0 Å². The summed E-state index contributed by atoms with van der Waals surface area (Å²) in [6, 6.07) is 3.39. The van der Waals surface area contributed by atoms with Crippen LogP contribution in [0.4, 0.5) is 0 Å². The van der Waals surface area contributed by atoms with Gasteiger partial charge >= 0.3 is 0 Å². The van der Waals surface area contributed by atoms with Crippen LogP contribution in [0.3, 0.4) is 0 Å². The summed E-state index contributed by atoms with van der Waals surface area (Å²) >= 11 is 6.61. The van der Waals surface area contributed by atoms with Crippen LogP contribution in [0.25, 0.3) is 0 Å². The third kappa shape index (κ3) is 1.96. The zero-order valence-electron chi connectivity index (χ0n) is 13.0. The molecule has 1 aromatic carbocycles. The first-order valence-corrected chi connectivity index (χ1v) is 9.81. The minimum absolute atomic E-state index is 0.0184. The van der Waals surface area contributed by atoms with Crippen molar-refractivity contribution in [2.24, 2.45) is 34.2 Å². The maximum absolute atomic E-state index is 12.8. The number of hydrogen-bond acceptors (Lipinski definition) is 4. The van der Waals surface area contributed by atoms with Gasteiger partial charge in [-0.1, -0.05) is 28.1 Å². The topological polar surface area (TPSA) is 70.0 Å². The number of nitrogens with zero attached hydrogens (tertiary/aromatic N) is 2. The highest BCUT2D eigenvalue weighted by Gasteiger charge is 2.73. The Bertz CT molecular complexity index is 857. The molecule has 5 nitrogen and oxygen atoms in total. The van der Waals surface area contributed by atoms with Crippen LogP contribution in [0.1, 0.15) is 18.4 Å². The molecule has 2 saturated carbocycles. The number of phenols is 1. The van der Waals surface area contributed by atoms with Crippen molar-refractivity contribution < 1.29 is 14.7 Å². The summed E-state index contributed by atoms with van der Waals surface area (Å²) in [5.74, 6) is -0.536. The third-order valence-corrected chi connectivity index (χ3v) is 7.26. The maximum Gasteiger partial charge on any atom is 0.254 e. The van der Waals surface area contributed by atoms with E-state index in [-0.39, 0.29) is 46.7 Å². The third-order valence-electron chi connectivity index (χ3n) is 6.20. The van der Waals surface area contributed by atoms with Gasteiger partial charge in [-0.05, 0) is 58.2 Å². The van der Waals surface area contributed by atoms with Gasteiger partial charge in [-0.25, -0.2) is 0 Å². The first-order valence-electron chi connectivity index (χ1n) is 8.22. The Morgan fingerprint density at radius 1 is 1.12 bits per heavy atom. The van der Waals surface area contributed by atoms with E-state index in [1.165, 1.54) is 6.21 Å². The highest BCUT2D eigenvalue weighted by Crippen LogP contribution is 2.73. The van der Waals surface area contributed by atoms with Crippen molar-refractivity contribution in [2.45, 2.75) is 12.8 Å². The van der Waals surface area contributed by atoms with Crippen molar-refractivity contribution >= 4 is 49.9 Å². The monoisotopic (exact) mass is 464 g/mol. The van der Waals surface area contributed by atoms with Crippen LogP contribution in [0.15, 0.2) is 38.3 Å². The quantitative estimate of drug-likeness (QED) is 0.413. The van der Waals surface area contributed by atoms with Gasteiger partial charge in [-0.3, -0.25) is 9.59 Å². The smallest absolute Gasteiger partial charge is 0.254 e. The highest BCUT2D eigenvalue weighted by molar-refractivity contribution is 9.11. The lowest BCUT2D eigenvalue weighted by Crippen LogP contribution is -2.30. The molecular weight excluding hydrogens is 452 g/mol. The van der Waals surface area contributed by atoms with Crippen molar-refractivity contribution in [3.8, 4) is 5.75 Å². The number of aromatic hydroxyl groups is 1. The predicted molar refractivity (Wildman–Crippen MR) is 97.7 cm³/mol. The summed E-state index contributed by atoms with van der Waals surface area (Å²) in [5.41, 5.74) is 0.614. The van der Waals surface area contributed by atoms with Crippen molar-refractivity contribution in [1.29, 1.82) is 0 Å². The molecule has 7 heteroatoms. The van der Waals surface area contributed by atoms with Crippen LogP contribution >= 0.6 is 31.9 Å². The summed E-state index contributed by atoms with van der Waals surface area (Å²) in [6.45, 7) is 0. The molecule has 3 aliphatic carbocycles. The van der Waals surface area contributed by atoms with E-state index in [9.17, 15) is 14.7 Å². The summed E-state index contributed by atoms with van der Waals surface area (Å²) < 4.78 is 1.27. The number of carbonyl (C=O) groups is 2. The second-order valence-corrected chi connectivity index (χ2v) is 9.05. The van der Waals surface area contributed by atoms with E-state index in [1.54, 1.807) is 12.1 Å². The molecule has 0 unspecified atom stereocenters. The first-order chi connectivity index (χ1) is 11.9. The fourth-order valence-electron chi connectivity index (χ4n) is 4.98. The number of amides is 2. The van der Waals surface area contributed by atoms with E-state index in [4.69, 9.17) is 0 Å². The van der Waals surface area contributed by atoms with Crippen molar-refractivity contribution in [1.82, 2.24) is 5.01 Å². The standard InChI is InChI=1S/C18H14Br2N2O3/c19-9-5-8(15(23)12(20)6-9)7-21-22-16(24)13-10-1-2-11(14(13)17(22)25)18(10)3-4-18/h1-2,5-7,10-11,13-14,23H,3-4H2/b21-7-/t10-,11-,13-,14-/m1/s1. The Labute approximate surface area is 161 Å². The summed E-state index contributed by atoms with van der Waals surface area (Å²) in [6.07, 6.45) is 7.87. The molecule has 1 aromatic rings. The van der Waals surface area contributed by atoms with Crippen LogP contribution in [-0.2, 0) is 9.59 Å². The van der Waals surface area contributed by atoms with Crippen molar-refractivity contribution in [2.75, 3.05) is 0 Å². The fourth-order valence-corrected chi connectivity index (χ4v) is 6.24. The minimum Gasteiger partial charge on any atom is -0.506 e. The minimum atomic E-state index is -0.259. The van der Waals surface area contributed by atoms with Crippen molar-refractivity contribution in [3.05, 3.63) is 38.8 Å².